The van der Waals surface area contributed by atoms with Crippen molar-refractivity contribution >= 4 is 17.2 Å². The van der Waals surface area contributed by atoms with Crippen LogP contribution in [0.3, 0.4) is 0 Å². The summed E-state index contributed by atoms with van der Waals surface area (Å²) < 4.78 is 1.74. The first-order valence-corrected chi connectivity index (χ1v) is 8.76. The number of carbonyl (C=O) groups excluding carboxylic acids is 1. The van der Waals surface area contributed by atoms with Crippen molar-refractivity contribution in [2.24, 2.45) is 0 Å². The molecule has 1 fully saturated rings. The molecule has 0 spiro atoms. The van der Waals surface area contributed by atoms with Crippen LogP contribution in [-0.2, 0) is 0 Å². The van der Waals surface area contributed by atoms with Crippen molar-refractivity contribution in [2.75, 3.05) is 13.1 Å². The Morgan fingerprint density at radius 2 is 2.04 bits per heavy atom. The number of thiophene rings is 1. The average Bonchev–Trinajstić information content (AvgIpc) is 3.35. The zero-order chi connectivity index (χ0) is 16.5. The Morgan fingerprint density at radius 1 is 1.21 bits per heavy atom. The van der Waals surface area contributed by atoms with Gasteiger partial charge in [-0.1, -0.05) is 24.3 Å². The molecule has 0 saturated carbocycles. The number of nitrogens with zero attached hydrogens (tertiary/aromatic N) is 3. The number of hydrogen-bond acceptors (Lipinski definition) is 4. The molecule has 6 heteroatoms. The van der Waals surface area contributed by atoms with Crippen LogP contribution in [0.4, 0.5) is 0 Å². The van der Waals surface area contributed by atoms with Crippen molar-refractivity contribution in [3.63, 3.8) is 0 Å². The van der Waals surface area contributed by atoms with E-state index in [0.29, 0.717) is 30.8 Å². The molecule has 2 aromatic heterocycles. The zero-order valence-corrected chi connectivity index (χ0v) is 13.8. The highest BCUT2D eigenvalue weighted by Crippen LogP contribution is 2.29. The molecule has 24 heavy (non-hydrogen) atoms. The second kappa shape index (κ2) is 6.22. The predicted molar refractivity (Wildman–Crippen MR) is 93.4 cm³/mol. The molecular weight excluding hydrogens is 322 g/mol. The molecule has 3 heterocycles. The number of likely N-dealkylation sites (tertiary alicyclic amines) is 1. The smallest absolute Gasteiger partial charge is 0.257 e. The molecular formula is C18H17N3O2S. The second-order valence-electron chi connectivity index (χ2n) is 5.84. The highest BCUT2D eigenvalue weighted by molar-refractivity contribution is 7.13. The van der Waals surface area contributed by atoms with Gasteiger partial charge in [0.15, 0.2) is 0 Å². The fraction of sp³-hybridized carbons (Fsp3) is 0.222. The minimum absolute atomic E-state index is 0.0721. The van der Waals surface area contributed by atoms with Crippen LogP contribution in [0.5, 0.6) is 0 Å². The zero-order valence-electron chi connectivity index (χ0n) is 13.0. The van der Waals surface area contributed by atoms with Crippen LogP contribution in [0.2, 0.25) is 0 Å². The van der Waals surface area contributed by atoms with Gasteiger partial charge in [0.25, 0.3) is 5.91 Å². The van der Waals surface area contributed by atoms with Crippen molar-refractivity contribution in [3.05, 3.63) is 59.6 Å². The SMILES string of the molecule is O=C(c1cn(-c2ccccc2)nc1-c1cccs1)N1CC[C@@H](O)C1. The summed E-state index contributed by atoms with van der Waals surface area (Å²) in [5.41, 5.74) is 2.19. The maximum Gasteiger partial charge on any atom is 0.257 e. The monoisotopic (exact) mass is 339 g/mol. The number of aromatic nitrogens is 2. The maximum absolute atomic E-state index is 12.9. The molecule has 3 aromatic rings. The number of aliphatic hydroxyl groups is 1. The molecule has 0 bridgehead atoms. The van der Waals surface area contributed by atoms with E-state index in [9.17, 15) is 9.90 Å². The Labute approximate surface area is 143 Å². The summed E-state index contributed by atoms with van der Waals surface area (Å²) in [6, 6.07) is 13.7. The van der Waals surface area contributed by atoms with Crippen LogP contribution in [-0.4, -0.2) is 44.9 Å². The summed E-state index contributed by atoms with van der Waals surface area (Å²) in [4.78, 5) is 15.6. The first kappa shape index (κ1) is 15.1. The minimum Gasteiger partial charge on any atom is -0.391 e. The Morgan fingerprint density at radius 3 is 2.71 bits per heavy atom. The summed E-state index contributed by atoms with van der Waals surface area (Å²) in [6.07, 6.45) is 1.99. The van der Waals surface area contributed by atoms with Crippen molar-refractivity contribution in [2.45, 2.75) is 12.5 Å². The molecule has 1 amide bonds. The highest BCUT2D eigenvalue weighted by atomic mass is 32.1. The van der Waals surface area contributed by atoms with E-state index in [1.54, 1.807) is 27.1 Å². The molecule has 122 valence electrons. The number of hydrogen-bond donors (Lipinski definition) is 1. The molecule has 1 aromatic carbocycles. The van der Waals surface area contributed by atoms with E-state index in [1.165, 1.54) is 0 Å². The van der Waals surface area contributed by atoms with Gasteiger partial charge in [0.1, 0.15) is 5.69 Å². The Bertz CT molecular complexity index is 843. The van der Waals surface area contributed by atoms with Gasteiger partial charge in [-0.2, -0.15) is 5.10 Å². The van der Waals surface area contributed by atoms with Crippen LogP contribution in [0, 0.1) is 0 Å². The van der Waals surface area contributed by atoms with Crippen LogP contribution in [0.25, 0.3) is 16.3 Å². The quantitative estimate of drug-likeness (QED) is 0.798. The average molecular weight is 339 g/mol. The topological polar surface area (TPSA) is 58.4 Å². The highest BCUT2D eigenvalue weighted by Gasteiger charge is 2.29. The molecule has 1 atom stereocenters. The maximum atomic E-state index is 12.9. The standard InChI is InChI=1S/C18H17N3O2S/c22-14-8-9-20(11-14)18(23)15-12-21(13-5-2-1-3-6-13)19-17(15)16-7-4-10-24-16/h1-7,10,12,14,22H,8-9,11H2/t14-/m1/s1. The molecule has 5 nitrogen and oxygen atoms in total. The lowest BCUT2D eigenvalue weighted by Crippen LogP contribution is -2.29. The van der Waals surface area contributed by atoms with Crippen molar-refractivity contribution in [3.8, 4) is 16.3 Å². The van der Waals surface area contributed by atoms with Gasteiger partial charge in [-0.25, -0.2) is 4.68 Å². The van der Waals surface area contributed by atoms with Crippen molar-refractivity contribution in [1.82, 2.24) is 14.7 Å². The molecule has 0 aliphatic carbocycles. The Kier molecular flexibility index (Phi) is 3.92. The van der Waals surface area contributed by atoms with Gasteiger partial charge in [-0.3, -0.25) is 4.79 Å². The van der Waals surface area contributed by atoms with E-state index in [0.717, 1.165) is 10.6 Å². The summed E-state index contributed by atoms with van der Waals surface area (Å²) in [5, 5.41) is 16.3. The number of benzene rings is 1. The normalized spacial score (nSPS) is 17.4. The molecule has 0 unspecified atom stereocenters. The van der Waals surface area contributed by atoms with E-state index >= 15 is 0 Å². The van der Waals surface area contributed by atoms with E-state index < -0.39 is 6.10 Å². The molecule has 0 radical (unpaired) electrons. The lowest BCUT2D eigenvalue weighted by atomic mass is 10.2. The number of aliphatic hydroxyl groups excluding tert-OH is 1. The first-order valence-electron chi connectivity index (χ1n) is 7.88. The van der Waals surface area contributed by atoms with Crippen LogP contribution in [0.1, 0.15) is 16.8 Å². The third-order valence-corrected chi connectivity index (χ3v) is 5.05. The summed E-state index contributed by atoms with van der Waals surface area (Å²) in [5.74, 6) is -0.0721. The van der Waals surface area contributed by atoms with Crippen LogP contribution < -0.4 is 0 Å². The third-order valence-electron chi connectivity index (χ3n) is 4.17. The van der Waals surface area contributed by atoms with Gasteiger partial charge in [0, 0.05) is 19.3 Å². The van der Waals surface area contributed by atoms with E-state index in [1.807, 2.05) is 47.8 Å². The van der Waals surface area contributed by atoms with Crippen molar-refractivity contribution in [1.29, 1.82) is 0 Å². The molecule has 4 rings (SSSR count). The fourth-order valence-electron chi connectivity index (χ4n) is 2.94. The molecule has 1 aliphatic rings. The molecule has 1 N–H and O–H groups in total. The Balaban J connectivity index is 1.77. The molecule has 1 aliphatic heterocycles. The number of amides is 1. The van der Waals surface area contributed by atoms with Crippen LogP contribution >= 0.6 is 11.3 Å². The van der Waals surface area contributed by atoms with Crippen LogP contribution in [0.15, 0.2) is 54.0 Å². The second-order valence-corrected chi connectivity index (χ2v) is 6.79. The number of carbonyl (C=O) groups is 1. The summed E-state index contributed by atoms with van der Waals surface area (Å²) in [6.45, 7) is 0.972. The van der Waals surface area contributed by atoms with E-state index in [-0.39, 0.29) is 5.91 Å². The van der Waals surface area contributed by atoms with Crippen molar-refractivity contribution < 1.29 is 9.90 Å². The predicted octanol–water partition coefficient (Wildman–Crippen LogP) is 2.81. The Hall–Kier alpha value is -2.44. The van der Waals surface area contributed by atoms with Gasteiger partial charge in [0.05, 0.1) is 22.2 Å². The van der Waals surface area contributed by atoms with Gasteiger partial charge in [-0.05, 0) is 30.0 Å². The largest absolute Gasteiger partial charge is 0.391 e. The lowest BCUT2D eigenvalue weighted by Gasteiger charge is -2.14. The minimum atomic E-state index is -0.427. The number of β-amino-alcohol motifs (C(OH)–C–C–N with tert-alkyl or cyclic N) is 1. The van der Waals surface area contributed by atoms with Gasteiger partial charge in [-0.15, -0.1) is 11.3 Å². The fourth-order valence-corrected chi connectivity index (χ4v) is 3.66. The van der Waals surface area contributed by atoms with Gasteiger partial charge < -0.3 is 10.0 Å². The number of para-hydroxylation sites is 1. The van der Waals surface area contributed by atoms with E-state index in [4.69, 9.17) is 0 Å². The lowest BCUT2D eigenvalue weighted by molar-refractivity contribution is 0.0765. The van der Waals surface area contributed by atoms with Gasteiger partial charge >= 0.3 is 0 Å². The summed E-state index contributed by atoms with van der Waals surface area (Å²) >= 11 is 1.56. The van der Waals surface area contributed by atoms with E-state index in [2.05, 4.69) is 5.10 Å². The van der Waals surface area contributed by atoms with Gasteiger partial charge in [0.2, 0.25) is 0 Å². The first-order chi connectivity index (χ1) is 11.7. The third kappa shape index (κ3) is 2.74. The number of rotatable bonds is 3. The molecule has 1 saturated heterocycles. The summed E-state index contributed by atoms with van der Waals surface area (Å²) in [7, 11) is 0.